The lowest BCUT2D eigenvalue weighted by molar-refractivity contribution is -0.115. The van der Waals surface area contributed by atoms with E-state index < -0.39 is 0 Å². The second kappa shape index (κ2) is 12.0. The maximum absolute atomic E-state index is 11.7. The summed E-state index contributed by atoms with van der Waals surface area (Å²) in [6.07, 6.45) is 4.78. The second-order valence-electron chi connectivity index (χ2n) is 5.15. The molecule has 124 valence electrons. The summed E-state index contributed by atoms with van der Waals surface area (Å²) in [6, 6.07) is 7.48. The first-order valence-corrected chi connectivity index (χ1v) is 7.98. The number of unbranched alkanes of at least 4 members (excludes halogenated alkanes) is 3. The first-order valence-electron chi connectivity index (χ1n) is 7.98. The van der Waals surface area contributed by atoms with Gasteiger partial charge in [0.15, 0.2) is 0 Å². The van der Waals surface area contributed by atoms with E-state index in [0.29, 0.717) is 13.2 Å². The van der Waals surface area contributed by atoms with E-state index in [0.717, 1.165) is 24.5 Å². The van der Waals surface area contributed by atoms with Crippen LogP contribution in [0.15, 0.2) is 24.3 Å². The number of rotatable bonds is 12. The van der Waals surface area contributed by atoms with Gasteiger partial charge in [-0.1, -0.05) is 26.2 Å². The molecule has 0 unspecified atom stereocenters. The van der Waals surface area contributed by atoms with Gasteiger partial charge in [0.05, 0.1) is 19.8 Å². The maximum Gasteiger partial charge on any atom is 0.238 e. The molecular formula is C17H28N2O3. The van der Waals surface area contributed by atoms with Gasteiger partial charge in [0.1, 0.15) is 5.75 Å². The van der Waals surface area contributed by atoms with Gasteiger partial charge in [-0.2, -0.15) is 0 Å². The zero-order valence-electron chi connectivity index (χ0n) is 13.7. The van der Waals surface area contributed by atoms with Crippen LogP contribution in [0.4, 0.5) is 5.69 Å². The lowest BCUT2D eigenvalue weighted by Gasteiger charge is -2.09. The van der Waals surface area contributed by atoms with E-state index in [4.69, 9.17) is 9.47 Å². The summed E-state index contributed by atoms with van der Waals surface area (Å²) in [4.78, 5) is 11.7. The number of ether oxygens (including phenoxy) is 2. The third-order valence-electron chi connectivity index (χ3n) is 3.17. The molecule has 0 aliphatic rings. The first kappa shape index (κ1) is 18.5. The van der Waals surface area contributed by atoms with Gasteiger partial charge >= 0.3 is 0 Å². The highest BCUT2D eigenvalue weighted by Gasteiger charge is 2.02. The SMILES string of the molecule is CCCCCCOc1ccc(NC(=O)CNCCOC)cc1. The summed E-state index contributed by atoms with van der Waals surface area (Å²) >= 11 is 0. The number of carbonyl (C=O) groups excluding carboxylic acids is 1. The van der Waals surface area contributed by atoms with E-state index in [1.54, 1.807) is 7.11 Å². The van der Waals surface area contributed by atoms with Crippen molar-refractivity contribution in [3.05, 3.63) is 24.3 Å². The second-order valence-corrected chi connectivity index (χ2v) is 5.15. The molecular weight excluding hydrogens is 280 g/mol. The Balaban J connectivity index is 2.22. The number of carbonyl (C=O) groups is 1. The molecule has 0 saturated heterocycles. The van der Waals surface area contributed by atoms with Crippen molar-refractivity contribution in [2.45, 2.75) is 32.6 Å². The molecule has 1 amide bonds. The number of benzene rings is 1. The monoisotopic (exact) mass is 308 g/mol. The van der Waals surface area contributed by atoms with Crippen LogP contribution in [-0.4, -0.2) is 39.3 Å². The Morgan fingerprint density at radius 1 is 1.09 bits per heavy atom. The molecule has 0 saturated carbocycles. The Kier molecular flexibility index (Phi) is 10.1. The molecule has 0 heterocycles. The number of amides is 1. The van der Waals surface area contributed by atoms with E-state index in [1.807, 2.05) is 24.3 Å². The molecule has 0 fully saturated rings. The normalized spacial score (nSPS) is 10.5. The Labute approximate surface area is 133 Å². The lowest BCUT2D eigenvalue weighted by atomic mass is 10.2. The molecule has 1 rings (SSSR count). The average molecular weight is 308 g/mol. The van der Waals surface area contributed by atoms with E-state index in [2.05, 4.69) is 17.6 Å². The van der Waals surface area contributed by atoms with Gasteiger partial charge in [0.25, 0.3) is 0 Å². The van der Waals surface area contributed by atoms with E-state index in [-0.39, 0.29) is 12.5 Å². The van der Waals surface area contributed by atoms with Crippen LogP contribution < -0.4 is 15.4 Å². The topological polar surface area (TPSA) is 59.6 Å². The first-order chi connectivity index (χ1) is 10.8. The predicted octanol–water partition coefficient (Wildman–Crippen LogP) is 2.82. The molecule has 5 heteroatoms. The minimum absolute atomic E-state index is 0.0654. The molecule has 1 aromatic carbocycles. The zero-order valence-corrected chi connectivity index (χ0v) is 13.7. The molecule has 0 atom stereocenters. The lowest BCUT2D eigenvalue weighted by Crippen LogP contribution is -2.30. The fraction of sp³-hybridized carbons (Fsp3) is 0.588. The summed E-state index contributed by atoms with van der Waals surface area (Å²) in [5, 5.41) is 5.83. The van der Waals surface area contributed by atoms with Crippen molar-refractivity contribution in [2.24, 2.45) is 0 Å². The van der Waals surface area contributed by atoms with Crippen molar-refractivity contribution < 1.29 is 14.3 Å². The predicted molar refractivity (Wildman–Crippen MR) is 89.5 cm³/mol. The number of hydrogen-bond acceptors (Lipinski definition) is 4. The Bertz CT molecular complexity index is 407. The van der Waals surface area contributed by atoms with Gasteiger partial charge in [0, 0.05) is 19.3 Å². The van der Waals surface area contributed by atoms with Crippen molar-refractivity contribution in [1.82, 2.24) is 5.32 Å². The van der Waals surface area contributed by atoms with Crippen molar-refractivity contribution in [1.29, 1.82) is 0 Å². The molecule has 0 aromatic heterocycles. The smallest absolute Gasteiger partial charge is 0.238 e. The van der Waals surface area contributed by atoms with Gasteiger partial charge in [-0.05, 0) is 30.7 Å². The average Bonchev–Trinajstić information content (AvgIpc) is 2.53. The number of anilines is 1. The highest BCUT2D eigenvalue weighted by atomic mass is 16.5. The summed E-state index contributed by atoms with van der Waals surface area (Å²) in [7, 11) is 1.63. The largest absolute Gasteiger partial charge is 0.494 e. The van der Waals surface area contributed by atoms with Crippen LogP contribution in [0.5, 0.6) is 5.75 Å². The number of hydrogen-bond donors (Lipinski definition) is 2. The Morgan fingerprint density at radius 3 is 2.55 bits per heavy atom. The van der Waals surface area contributed by atoms with Crippen LogP contribution in [0.3, 0.4) is 0 Å². The van der Waals surface area contributed by atoms with Crippen LogP contribution >= 0.6 is 0 Å². The maximum atomic E-state index is 11.7. The zero-order chi connectivity index (χ0) is 16.0. The fourth-order valence-corrected chi connectivity index (χ4v) is 1.93. The molecule has 0 aliphatic carbocycles. The molecule has 1 aromatic rings. The van der Waals surface area contributed by atoms with Crippen LogP contribution in [0.1, 0.15) is 32.6 Å². The van der Waals surface area contributed by atoms with E-state index in [9.17, 15) is 4.79 Å². The number of nitrogens with one attached hydrogen (secondary N) is 2. The third-order valence-corrected chi connectivity index (χ3v) is 3.17. The summed E-state index contributed by atoms with van der Waals surface area (Å²) < 4.78 is 10.6. The molecule has 0 aliphatic heterocycles. The van der Waals surface area contributed by atoms with E-state index >= 15 is 0 Å². The third kappa shape index (κ3) is 8.64. The number of methoxy groups -OCH3 is 1. The molecule has 0 radical (unpaired) electrons. The standard InChI is InChI=1S/C17H28N2O3/c1-3-4-5-6-12-22-16-9-7-15(8-10-16)19-17(20)14-18-11-13-21-2/h7-10,18H,3-6,11-14H2,1-2H3,(H,19,20). The van der Waals surface area contributed by atoms with Crippen molar-refractivity contribution in [3.8, 4) is 5.75 Å². The van der Waals surface area contributed by atoms with Crippen LogP contribution in [-0.2, 0) is 9.53 Å². The summed E-state index contributed by atoms with van der Waals surface area (Å²) in [5.41, 5.74) is 0.775. The molecule has 0 bridgehead atoms. The quantitative estimate of drug-likeness (QED) is 0.583. The molecule has 0 spiro atoms. The van der Waals surface area contributed by atoms with Crippen molar-refractivity contribution >= 4 is 11.6 Å². The van der Waals surface area contributed by atoms with Crippen LogP contribution in [0.25, 0.3) is 0 Å². The molecule has 22 heavy (non-hydrogen) atoms. The van der Waals surface area contributed by atoms with Gasteiger partial charge in [-0.3, -0.25) is 4.79 Å². The van der Waals surface area contributed by atoms with E-state index in [1.165, 1.54) is 19.3 Å². The molecule has 5 nitrogen and oxygen atoms in total. The van der Waals surface area contributed by atoms with Gasteiger partial charge < -0.3 is 20.1 Å². The van der Waals surface area contributed by atoms with Crippen molar-refractivity contribution in [2.75, 3.05) is 38.7 Å². The minimum Gasteiger partial charge on any atom is -0.494 e. The highest BCUT2D eigenvalue weighted by molar-refractivity contribution is 5.92. The van der Waals surface area contributed by atoms with Gasteiger partial charge in [-0.25, -0.2) is 0 Å². The van der Waals surface area contributed by atoms with Gasteiger partial charge in [-0.15, -0.1) is 0 Å². The van der Waals surface area contributed by atoms with Crippen LogP contribution in [0.2, 0.25) is 0 Å². The highest BCUT2D eigenvalue weighted by Crippen LogP contribution is 2.16. The minimum atomic E-state index is -0.0654. The van der Waals surface area contributed by atoms with Crippen LogP contribution in [0, 0.1) is 0 Å². The summed E-state index contributed by atoms with van der Waals surface area (Å²) in [6.45, 7) is 4.47. The fourth-order valence-electron chi connectivity index (χ4n) is 1.93. The summed E-state index contributed by atoms with van der Waals surface area (Å²) in [5.74, 6) is 0.775. The molecule has 2 N–H and O–H groups in total. The Morgan fingerprint density at radius 2 is 1.86 bits per heavy atom. The van der Waals surface area contributed by atoms with Crippen molar-refractivity contribution in [3.63, 3.8) is 0 Å². The van der Waals surface area contributed by atoms with Gasteiger partial charge in [0.2, 0.25) is 5.91 Å². The Hall–Kier alpha value is -1.59.